The molecular formula is C11H8N4O2S. The van der Waals surface area contributed by atoms with E-state index in [2.05, 4.69) is 20.5 Å². The molecule has 0 radical (unpaired) electrons. The van der Waals surface area contributed by atoms with Gasteiger partial charge in [0.2, 0.25) is 11.8 Å². The van der Waals surface area contributed by atoms with Crippen LogP contribution in [0.3, 0.4) is 0 Å². The molecule has 3 rings (SSSR count). The van der Waals surface area contributed by atoms with Crippen LogP contribution in [0.2, 0.25) is 0 Å². The Hall–Kier alpha value is -2.15. The van der Waals surface area contributed by atoms with E-state index in [1.807, 2.05) is 30.3 Å². The third-order valence-corrected chi connectivity index (χ3v) is 3.09. The van der Waals surface area contributed by atoms with Gasteiger partial charge in [-0.1, -0.05) is 35.1 Å². The first kappa shape index (κ1) is 11.0. The van der Waals surface area contributed by atoms with Crippen LogP contribution in [0.25, 0.3) is 11.5 Å². The van der Waals surface area contributed by atoms with Crippen molar-refractivity contribution in [3.63, 3.8) is 0 Å². The number of amidine groups is 1. The summed E-state index contributed by atoms with van der Waals surface area (Å²) < 4.78 is 5.39. The molecule has 1 amide bonds. The molecule has 7 heteroatoms. The highest BCUT2D eigenvalue weighted by molar-refractivity contribution is 8.15. The predicted octanol–water partition coefficient (Wildman–Crippen LogP) is 1.59. The molecule has 1 aromatic heterocycles. The Balaban J connectivity index is 1.84. The molecule has 18 heavy (non-hydrogen) atoms. The van der Waals surface area contributed by atoms with Gasteiger partial charge in [-0.25, -0.2) is 0 Å². The van der Waals surface area contributed by atoms with Gasteiger partial charge in [-0.3, -0.25) is 4.79 Å². The van der Waals surface area contributed by atoms with Gasteiger partial charge in [-0.2, -0.15) is 4.99 Å². The summed E-state index contributed by atoms with van der Waals surface area (Å²) in [5, 5.41) is 10.8. The number of aromatic nitrogens is 2. The van der Waals surface area contributed by atoms with Crippen molar-refractivity contribution in [3.05, 3.63) is 30.3 Å². The molecule has 0 bridgehead atoms. The van der Waals surface area contributed by atoms with Gasteiger partial charge in [-0.15, -0.1) is 5.10 Å². The second kappa shape index (κ2) is 4.61. The maximum atomic E-state index is 11.0. The van der Waals surface area contributed by atoms with E-state index < -0.39 is 0 Å². The van der Waals surface area contributed by atoms with Gasteiger partial charge in [0.05, 0.1) is 5.75 Å². The maximum Gasteiger partial charge on any atom is 0.345 e. The Kier molecular flexibility index (Phi) is 2.81. The summed E-state index contributed by atoms with van der Waals surface area (Å²) in [5.41, 5.74) is 0.833. The smallest absolute Gasteiger partial charge is 0.345 e. The zero-order valence-electron chi connectivity index (χ0n) is 9.16. The molecule has 0 unspecified atom stereocenters. The van der Waals surface area contributed by atoms with Gasteiger partial charge in [0.15, 0.2) is 5.17 Å². The topological polar surface area (TPSA) is 80.4 Å². The fraction of sp³-hybridized carbons (Fsp3) is 0.0909. The lowest BCUT2D eigenvalue weighted by atomic mass is 10.2. The molecular weight excluding hydrogens is 252 g/mol. The summed E-state index contributed by atoms with van der Waals surface area (Å²) in [6.45, 7) is 0. The summed E-state index contributed by atoms with van der Waals surface area (Å²) in [7, 11) is 0. The highest BCUT2D eigenvalue weighted by Gasteiger charge is 2.18. The first-order valence-corrected chi connectivity index (χ1v) is 6.20. The molecule has 0 atom stereocenters. The van der Waals surface area contributed by atoms with E-state index in [0.717, 1.165) is 5.56 Å². The van der Waals surface area contributed by atoms with Crippen molar-refractivity contribution in [2.75, 3.05) is 5.75 Å². The van der Waals surface area contributed by atoms with Crippen LogP contribution in [0, 0.1) is 0 Å². The standard InChI is InChI=1S/C11H8N4O2S/c16-8-6-18-11(12-8)13-10-15-14-9(17-10)7-4-2-1-3-5-7/h1-5H,6H2,(H,12,13,15,16). The highest BCUT2D eigenvalue weighted by atomic mass is 32.2. The molecule has 90 valence electrons. The van der Waals surface area contributed by atoms with Crippen LogP contribution in [0.1, 0.15) is 0 Å². The largest absolute Gasteiger partial charge is 0.402 e. The van der Waals surface area contributed by atoms with Crippen LogP contribution >= 0.6 is 11.8 Å². The van der Waals surface area contributed by atoms with E-state index in [1.54, 1.807) is 0 Å². The van der Waals surface area contributed by atoms with Crippen molar-refractivity contribution >= 4 is 28.9 Å². The molecule has 6 nitrogen and oxygen atoms in total. The fourth-order valence-electron chi connectivity index (χ4n) is 1.43. The molecule has 1 fully saturated rings. The number of nitrogens with one attached hydrogen (secondary N) is 1. The van der Waals surface area contributed by atoms with Gasteiger partial charge in [0, 0.05) is 5.56 Å². The summed E-state index contributed by atoms with van der Waals surface area (Å²) in [6, 6.07) is 9.56. The van der Waals surface area contributed by atoms with E-state index in [-0.39, 0.29) is 11.9 Å². The van der Waals surface area contributed by atoms with E-state index in [9.17, 15) is 4.79 Å². The van der Waals surface area contributed by atoms with Crippen molar-refractivity contribution in [2.24, 2.45) is 4.99 Å². The minimum absolute atomic E-state index is 0.0680. The van der Waals surface area contributed by atoms with Crippen LogP contribution in [0.5, 0.6) is 0 Å². The molecule has 0 saturated carbocycles. The Bertz CT molecular complexity index is 609. The molecule has 1 N–H and O–H groups in total. The highest BCUT2D eigenvalue weighted by Crippen LogP contribution is 2.22. The lowest BCUT2D eigenvalue weighted by molar-refractivity contribution is -0.116. The van der Waals surface area contributed by atoms with Crippen LogP contribution in [0.15, 0.2) is 39.7 Å². The first-order chi connectivity index (χ1) is 8.81. The van der Waals surface area contributed by atoms with E-state index in [0.29, 0.717) is 16.8 Å². The molecule has 1 saturated heterocycles. The number of nitrogens with zero attached hydrogens (tertiary/aromatic N) is 3. The number of thioether (sulfide) groups is 1. The molecule has 0 aliphatic carbocycles. The molecule has 0 spiro atoms. The molecule has 1 aliphatic heterocycles. The maximum absolute atomic E-state index is 11.0. The van der Waals surface area contributed by atoms with Gasteiger partial charge in [0.1, 0.15) is 0 Å². The first-order valence-electron chi connectivity index (χ1n) is 5.21. The van der Waals surface area contributed by atoms with Crippen molar-refractivity contribution in [2.45, 2.75) is 0 Å². The Labute approximate surface area is 107 Å². The van der Waals surface area contributed by atoms with Crippen LogP contribution in [0.4, 0.5) is 6.01 Å². The lowest BCUT2D eigenvalue weighted by Gasteiger charge is -1.92. The SMILES string of the molecule is O=C1CS/C(=N\c2nnc(-c3ccccc3)o2)N1. The monoisotopic (exact) mass is 260 g/mol. The number of carbonyl (C=O) groups is 1. The van der Waals surface area contributed by atoms with Crippen molar-refractivity contribution in [1.29, 1.82) is 0 Å². The van der Waals surface area contributed by atoms with Gasteiger partial charge >= 0.3 is 6.01 Å². The second-order valence-corrected chi connectivity index (χ2v) is 4.47. The Morgan fingerprint density at radius 1 is 1.28 bits per heavy atom. The Morgan fingerprint density at radius 3 is 2.83 bits per heavy atom. The predicted molar refractivity (Wildman–Crippen MR) is 67.4 cm³/mol. The molecule has 2 aromatic rings. The average molecular weight is 260 g/mol. The zero-order valence-corrected chi connectivity index (χ0v) is 9.98. The average Bonchev–Trinajstić information content (AvgIpc) is 3.01. The van der Waals surface area contributed by atoms with E-state index >= 15 is 0 Å². The number of benzene rings is 1. The fourth-order valence-corrected chi connectivity index (χ4v) is 2.10. The quantitative estimate of drug-likeness (QED) is 0.886. The number of hydrogen-bond acceptors (Lipinski definition) is 6. The normalized spacial score (nSPS) is 17.1. The number of carbonyl (C=O) groups excluding carboxylic acids is 1. The minimum atomic E-state index is -0.0680. The zero-order chi connectivity index (χ0) is 12.4. The number of amides is 1. The summed E-state index contributed by atoms with van der Waals surface area (Å²) >= 11 is 1.31. The van der Waals surface area contributed by atoms with Crippen LogP contribution < -0.4 is 5.32 Å². The van der Waals surface area contributed by atoms with Crippen molar-refractivity contribution < 1.29 is 9.21 Å². The lowest BCUT2D eigenvalue weighted by Crippen LogP contribution is -2.19. The van der Waals surface area contributed by atoms with Crippen LogP contribution in [-0.2, 0) is 4.79 Å². The van der Waals surface area contributed by atoms with Crippen molar-refractivity contribution in [1.82, 2.24) is 15.5 Å². The summed E-state index contributed by atoms with van der Waals surface area (Å²) in [4.78, 5) is 15.1. The second-order valence-electron chi connectivity index (χ2n) is 3.51. The third-order valence-electron chi connectivity index (χ3n) is 2.22. The van der Waals surface area contributed by atoms with E-state index in [4.69, 9.17) is 4.42 Å². The summed E-state index contributed by atoms with van der Waals surface area (Å²) in [5.74, 6) is 0.712. The van der Waals surface area contributed by atoms with Crippen LogP contribution in [-0.4, -0.2) is 27.0 Å². The van der Waals surface area contributed by atoms with Crippen molar-refractivity contribution in [3.8, 4) is 11.5 Å². The summed E-state index contributed by atoms with van der Waals surface area (Å²) in [6.07, 6.45) is 0. The minimum Gasteiger partial charge on any atom is -0.402 e. The molecule has 1 aliphatic rings. The molecule has 1 aromatic carbocycles. The Morgan fingerprint density at radius 2 is 2.11 bits per heavy atom. The van der Waals surface area contributed by atoms with Gasteiger partial charge in [0.25, 0.3) is 0 Å². The third kappa shape index (κ3) is 2.25. The van der Waals surface area contributed by atoms with Gasteiger partial charge in [-0.05, 0) is 12.1 Å². The van der Waals surface area contributed by atoms with Gasteiger partial charge < -0.3 is 9.73 Å². The number of rotatable bonds is 2. The number of hydrogen-bond donors (Lipinski definition) is 1. The number of aliphatic imine (C=N–C) groups is 1. The molecule has 2 heterocycles. The van der Waals surface area contributed by atoms with E-state index in [1.165, 1.54) is 11.8 Å².